The Hall–Kier alpha value is -2.06. The second kappa shape index (κ2) is 6.03. The Morgan fingerprint density at radius 3 is 2.44 bits per heavy atom. The lowest BCUT2D eigenvalue weighted by atomic mass is 10.2. The third-order valence-corrected chi connectivity index (χ3v) is 2.37. The summed E-state index contributed by atoms with van der Waals surface area (Å²) < 4.78 is 5.67. The molecule has 0 atom stereocenters. The van der Waals surface area contributed by atoms with Gasteiger partial charge in [0.25, 0.3) is 0 Å². The molecule has 0 heterocycles. The van der Waals surface area contributed by atoms with E-state index >= 15 is 0 Å². The summed E-state index contributed by atoms with van der Waals surface area (Å²) in [7, 11) is 0. The normalized spacial score (nSPS) is 10.5. The molecule has 2 aromatic rings. The minimum Gasteiger partial charge on any atom is -0.457 e. The molecule has 0 aliphatic heterocycles. The molecule has 0 radical (unpaired) electrons. The molecular weight excluding hydrogens is 248 g/mol. The van der Waals surface area contributed by atoms with Crippen LogP contribution in [0.1, 0.15) is 5.56 Å². The Bertz CT molecular complexity index is 562. The molecule has 18 heavy (non-hydrogen) atoms. The fourth-order valence-corrected chi connectivity index (χ4v) is 1.53. The van der Waals surface area contributed by atoms with Gasteiger partial charge in [-0.05, 0) is 47.5 Å². The zero-order valence-electron chi connectivity index (χ0n) is 9.55. The average molecular weight is 259 g/mol. The van der Waals surface area contributed by atoms with Gasteiger partial charge in [0.1, 0.15) is 11.5 Å². The third-order valence-electron chi connectivity index (χ3n) is 2.24. The van der Waals surface area contributed by atoms with Gasteiger partial charge in [-0.2, -0.15) is 0 Å². The Morgan fingerprint density at radius 1 is 1.00 bits per heavy atom. The number of para-hydroxylation sites is 1. The number of carbonyl (C=O) groups excluding carboxylic acids is 1. The van der Waals surface area contributed by atoms with Crippen molar-refractivity contribution in [2.45, 2.75) is 0 Å². The van der Waals surface area contributed by atoms with Crippen LogP contribution in [0.2, 0.25) is 0 Å². The molecular formula is C15H11ClO2. The van der Waals surface area contributed by atoms with Crippen molar-refractivity contribution in [3.8, 4) is 11.5 Å². The zero-order valence-corrected chi connectivity index (χ0v) is 10.3. The Kier molecular flexibility index (Phi) is 4.15. The van der Waals surface area contributed by atoms with E-state index in [0.717, 1.165) is 11.3 Å². The van der Waals surface area contributed by atoms with E-state index in [1.54, 1.807) is 6.08 Å². The lowest BCUT2D eigenvalue weighted by Gasteiger charge is -2.05. The van der Waals surface area contributed by atoms with E-state index in [2.05, 4.69) is 0 Å². The van der Waals surface area contributed by atoms with Crippen LogP contribution in [0.15, 0.2) is 60.7 Å². The van der Waals surface area contributed by atoms with E-state index < -0.39 is 5.24 Å². The number of halogens is 1. The van der Waals surface area contributed by atoms with Gasteiger partial charge in [0, 0.05) is 0 Å². The van der Waals surface area contributed by atoms with Gasteiger partial charge in [0.05, 0.1) is 0 Å². The highest BCUT2D eigenvalue weighted by Gasteiger charge is 1.97. The lowest BCUT2D eigenvalue weighted by Crippen LogP contribution is -1.84. The Labute approximate surface area is 110 Å². The molecule has 0 fully saturated rings. The third kappa shape index (κ3) is 3.75. The summed E-state index contributed by atoms with van der Waals surface area (Å²) >= 11 is 5.24. The number of rotatable bonds is 4. The number of allylic oxidation sites excluding steroid dienone is 1. The van der Waals surface area contributed by atoms with Crippen LogP contribution < -0.4 is 4.74 Å². The zero-order chi connectivity index (χ0) is 12.8. The van der Waals surface area contributed by atoms with Crippen molar-refractivity contribution in [1.29, 1.82) is 0 Å². The largest absolute Gasteiger partial charge is 0.457 e. The van der Waals surface area contributed by atoms with Gasteiger partial charge in [0.15, 0.2) is 0 Å². The molecule has 2 nitrogen and oxygen atoms in total. The van der Waals surface area contributed by atoms with Crippen molar-refractivity contribution in [3.05, 3.63) is 66.2 Å². The first-order valence-electron chi connectivity index (χ1n) is 5.44. The van der Waals surface area contributed by atoms with E-state index in [9.17, 15) is 4.79 Å². The molecule has 0 aromatic heterocycles. The van der Waals surface area contributed by atoms with Crippen LogP contribution >= 0.6 is 11.6 Å². The topological polar surface area (TPSA) is 26.3 Å². The van der Waals surface area contributed by atoms with Crippen molar-refractivity contribution in [3.63, 3.8) is 0 Å². The number of hydrogen-bond donors (Lipinski definition) is 0. The van der Waals surface area contributed by atoms with Crippen molar-refractivity contribution < 1.29 is 9.53 Å². The Balaban J connectivity index is 2.15. The van der Waals surface area contributed by atoms with Gasteiger partial charge in [-0.15, -0.1) is 0 Å². The summed E-state index contributed by atoms with van der Waals surface area (Å²) in [6, 6.07) is 16.9. The first-order chi connectivity index (χ1) is 8.74. The van der Waals surface area contributed by atoms with Crippen LogP contribution in [0.25, 0.3) is 6.08 Å². The van der Waals surface area contributed by atoms with Gasteiger partial charge in [-0.1, -0.05) is 36.4 Å². The van der Waals surface area contributed by atoms with Crippen LogP contribution in [-0.2, 0) is 4.79 Å². The molecule has 0 saturated carbocycles. The van der Waals surface area contributed by atoms with E-state index in [0.29, 0.717) is 5.75 Å². The Morgan fingerprint density at radius 2 is 1.72 bits per heavy atom. The smallest absolute Gasteiger partial charge is 0.245 e. The molecule has 0 N–H and O–H groups in total. The molecule has 0 aliphatic rings. The second-order valence-corrected chi connectivity index (χ2v) is 4.00. The molecule has 0 unspecified atom stereocenters. The fraction of sp³-hybridized carbons (Fsp3) is 0. The molecule has 3 heteroatoms. The maximum absolute atomic E-state index is 10.6. The maximum atomic E-state index is 10.6. The standard InChI is InChI=1S/C15H11ClO2/c16-15(17)10-9-12-5-4-8-14(11-12)18-13-6-2-1-3-7-13/h1-11H/b10-9+. The second-order valence-electron chi connectivity index (χ2n) is 3.63. The summed E-state index contributed by atoms with van der Waals surface area (Å²) in [5.41, 5.74) is 0.859. The van der Waals surface area contributed by atoms with Crippen LogP contribution in [-0.4, -0.2) is 5.24 Å². The minimum absolute atomic E-state index is 0.496. The van der Waals surface area contributed by atoms with E-state index in [1.807, 2.05) is 54.6 Å². The van der Waals surface area contributed by atoms with E-state index in [1.165, 1.54) is 6.08 Å². The van der Waals surface area contributed by atoms with Gasteiger partial charge in [-0.25, -0.2) is 0 Å². The molecule has 2 rings (SSSR count). The molecule has 90 valence electrons. The van der Waals surface area contributed by atoms with Crippen LogP contribution in [0, 0.1) is 0 Å². The summed E-state index contributed by atoms with van der Waals surface area (Å²) in [5, 5.41) is -0.496. The first-order valence-corrected chi connectivity index (χ1v) is 5.82. The van der Waals surface area contributed by atoms with Crippen molar-refractivity contribution >= 4 is 22.9 Å². The molecule has 2 aromatic carbocycles. The molecule has 0 saturated heterocycles. The van der Waals surface area contributed by atoms with Gasteiger partial charge in [0.2, 0.25) is 5.24 Å². The van der Waals surface area contributed by atoms with Crippen molar-refractivity contribution in [2.75, 3.05) is 0 Å². The van der Waals surface area contributed by atoms with Crippen molar-refractivity contribution in [1.82, 2.24) is 0 Å². The number of ether oxygens (including phenoxy) is 1. The molecule has 0 aliphatic carbocycles. The number of hydrogen-bond acceptors (Lipinski definition) is 2. The predicted molar refractivity (Wildman–Crippen MR) is 72.9 cm³/mol. The van der Waals surface area contributed by atoms with Crippen LogP contribution in [0.3, 0.4) is 0 Å². The van der Waals surface area contributed by atoms with Crippen LogP contribution in [0.4, 0.5) is 0 Å². The number of benzene rings is 2. The highest BCUT2D eigenvalue weighted by Crippen LogP contribution is 2.22. The average Bonchev–Trinajstić information content (AvgIpc) is 2.38. The van der Waals surface area contributed by atoms with E-state index in [-0.39, 0.29) is 0 Å². The minimum atomic E-state index is -0.496. The monoisotopic (exact) mass is 258 g/mol. The maximum Gasteiger partial charge on any atom is 0.245 e. The molecule has 0 amide bonds. The molecule has 0 spiro atoms. The van der Waals surface area contributed by atoms with Gasteiger partial charge in [-0.3, -0.25) is 4.79 Å². The SMILES string of the molecule is O=C(Cl)/C=C/c1cccc(Oc2ccccc2)c1. The summed E-state index contributed by atoms with van der Waals surface area (Å²) in [5.74, 6) is 1.48. The summed E-state index contributed by atoms with van der Waals surface area (Å²) in [4.78, 5) is 10.6. The quantitative estimate of drug-likeness (QED) is 0.605. The lowest BCUT2D eigenvalue weighted by molar-refractivity contribution is -0.107. The van der Waals surface area contributed by atoms with Crippen molar-refractivity contribution in [2.24, 2.45) is 0 Å². The highest BCUT2D eigenvalue weighted by molar-refractivity contribution is 6.66. The fourth-order valence-electron chi connectivity index (χ4n) is 1.47. The van der Waals surface area contributed by atoms with Gasteiger partial charge >= 0.3 is 0 Å². The van der Waals surface area contributed by atoms with E-state index in [4.69, 9.17) is 16.3 Å². The summed E-state index contributed by atoms with van der Waals surface area (Å²) in [6.07, 6.45) is 2.95. The number of carbonyl (C=O) groups is 1. The predicted octanol–water partition coefficient (Wildman–Crippen LogP) is 4.26. The molecule has 0 bridgehead atoms. The highest BCUT2D eigenvalue weighted by atomic mass is 35.5. The van der Waals surface area contributed by atoms with Crippen LogP contribution in [0.5, 0.6) is 11.5 Å². The summed E-state index contributed by atoms with van der Waals surface area (Å²) in [6.45, 7) is 0. The van der Waals surface area contributed by atoms with Gasteiger partial charge < -0.3 is 4.74 Å². The first kappa shape index (κ1) is 12.4.